The maximum atomic E-state index is 12.7. The second-order valence-electron chi connectivity index (χ2n) is 6.15. The molecule has 1 aliphatic rings. The summed E-state index contributed by atoms with van der Waals surface area (Å²) < 4.78 is 1.66. The standard InChI is InChI=1S/C17H13ClN6O/c1-17(10-19)3-5-23(16(17)25)15-14-2-4-21-24(14)9-13(22-15)11-6-12(18)8-20-7-11/h2,4,6-9H,3,5H2,1H3/t17-/m1/s1. The number of carbonyl (C=O) groups is 1. The second kappa shape index (κ2) is 5.53. The predicted octanol–water partition coefficient (Wildman–Crippen LogP) is 2.71. The lowest BCUT2D eigenvalue weighted by Crippen LogP contribution is -2.32. The molecule has 3 aromatic heterocycles. The van der Waals surface area contributed by atoms with Crippen molar-refractivity contribution in [3.63, 3.8) is 0 Å². The van der Waals surface area contributed by atoms with Crippen molar-refractivity contribution in [3.8, 4) is 17.3 Å². The Labute approximate surface area is 148 Å². The van der Waals surface area contributed by atoms with Gasteiger partial charge in [0, 0.05) is 24.5 Å². The van der Waals surface area contributed by atoms with Crippen molar-refractivity contribution in [2.24, 2.45) is 5.41 Å². The fourth-order valence-corrected chi connectivity index (χ4v) is 3.12. The number of amides is 1. The van der Waals surface area contributed by atoms with Crippen LogP contribution in [0.5, 0.6) is 0 Å². The first-order valence-electron chi connectivity index (χ1n) is 7.70. The number of hydrogen-bond acceptors (Lipinski definition) is 5. The van der Waals surface area contributed by atoms with Gasteiger partial charge < -0.3 is 0 Å². The van der Waals surface area contributed by atoms with Crippen molar-refractivity contribution in [1.82, 2.24) is 19.6 Å². The quantitative estimate of drug-likeness (QED) is 0.707. The zero-order valence-corrected chi connectivity index (χ0v) is 14.1. The molecular formula is C17H13ClN6O. The lowest BCUT2D eigenvalue weighted by molar-refractivity contribution is -0.122. The van der Waals surface area contributed by atoms with Crippen molar-refractivity contribution < 1.29 is 4.79 Å². The van der Waals surface area contributed by atoms with Gasteiger partial charge in [-0.05, 0) is 25.5 Å². The zero-order chi connectivity index (χ0) is 17.6. The predicted molar refractivity (Wildman–Crippen MR) is 91.9 cm³/mol. The Hall–Kier alpha value is -2.98. The first-order valence-corrected chi connectivity index (χ1v) is 8.08. The van der Waals surface area contributed by atoms with Gasteiger partial charge in [-0.15, -0.1) is 0 Å². The number of fused-ring (bicyclic) bond motifs is 1. The maximum absolute atomic E-state index is 12.7. The number of anilines is 1. The Bertz CT molecular complexity index is 1040. The van der Waals surface area contributed by atoms with Gasteiger partial charge in [-0.3, -0.25) is 14.7 Å². The number of pyridine rings is 1. The molecule has 1 amide bonds. The third kappa shape index (κ3) is 2.42. The molecule has 0 spiro atoms. The van der Waals surface area contributed by atoms with Gasteiger partial charge >= 0.3 is 0 Å². The van der Waals surface area contributed by atoms with Crippen LogP contribution in [0.3, 0.4) is 0 Å². The summed E-state index contributed by atoms with van der Waals surface area (Å²) in [5.41, 5.74) is 1.00. The van der Waals surface area contributed by atoms with Crippen LogP contribution in [0.4, 0.5) is 5.82 Å². The lowest BCUT2D eigenvalue weighted by Gasteiger charge is -2.19. The van der Waals surface area contributed by atoms with Gasteiger partial charge in [0.1, 0.15) is 10.9 Å². The highest BCUT2D eigenvalue weighted by atomic mass is 35.5. The molecule has 1 saturated heterocycles. The molecule has 0 aromatic carbocycles. The van der Waals surface area contributed by atoms with Gasteiger partial charge in [0.05, 0.1) is 29.2 Å². The monoisotopic (exact) mass is 352 g/mol. The summed E-state index contributed by atoms with van der Waals surface area (Å²) in [6.45, 7) is 2.10. The van der Waals surface area contributed by atoms with Gasteiger partial charge in [0.15, 0.2) is 5.82 Å². The van der Waals surface area contributed by atoms with E-state index < -0.39 is 5.41 Å². The first-order chi connectivity index (χ1) is 12.0. The van der Waals surface area contributed by atoms with Crippen LogP contribution in [0.15, 0.2) is 36.9 Å². The molecule has 4 rings (SSSR count). The van der Waals surface area contributed by atoms with Crippen molar-refractivity contribution in [2.45, 2.75) is 13.3 Å². The van der Waals surface area contributed by atoms with Crippen molar-refractivity contribution >= 4 is 28.8 Å². The Morgan fingerprint density at radius 1 is 1.40 bits per heavy atom. The molecule has 0 unspecified atom stereocenters. The average molecular weight is 353 g/mol. The summed E-state index contributed by atoms with van der Waals surface area (Å²) >= 11 is 6.02. The maximum Gasteiger partial charge on any atom is 0.248 e. The van der Waals surface area contributed by atoms with Gasteiger partial charge in [-0.1, -0.05) is 11.6 Å². The zero-order valence-electron chi connectivity index (χ0n) is 13.3. The van der Waals surface area contributed by atoms with Crippen LogP contribution in [0, 0.1) is 16.7 Å². The molecule has 124 valence electrons. The number of aromatic nitrogens is 4. The van der Waals surface area contributed by atoms with Crippen molar-refractivity contribution in [3.05, 3.63) is 41.9 Å². The third-order valence-corrected chi connectivity index (χ3v) is 4.63. The lowest BCUT2D eigenvalue weighted by atomic mass is 9.91. The summed E-state index contributed by atoms with van der Waals surface area (Å²) in [7, 11) is 0. The van der Waals surface area contributed by atoms with Crippen molar-refractivity contribution in [1.29, 1.82) is 5.26 Å². The minimum atomic E-state index is -1.02. The van der Waals surface area contributed by atoms with E-state index in [1.807, 2.05) is 0 Å². The first kappa shape index (κ1) is 15.5. The van der Waals surface area contributed by atoms with E-state index in [0.29, 0.717) is 35.0 Å². The van der Waals surface area contributed by atoms with E-state index in [4.69, 9.17) is 11.6 Å². The number of halogens is 1. The molecule has 0 aliphatic carbocycles. The minimum Gasteiger partial charge on any atom is -0.294 e. The molecule has 4 heterocycles. The highest BCUT2D eigenvalue weighted by molar-refractivity contribution is 6.30. The Kier molecular flexibility index (Phi) is 3.44. The Morgan fingerprint density at radius 3 is 2.96 bits per heavy atom. The molecule has 1 fully saturated rings. The second-order valence-corrected chi connectivity index (χ2v) is 6.59. The van der Waals surface area contributed by atoms with Crippen LogP contribution in [0.2, 0.25) is 5.02 Å². The normalized spacial score (nSPS) is 20.2. The largest absolute Gasteiger partial charge is 0.294 e. The number of carbonyl (C=O) groups excluding carboxylic acids is 1. The van der Waals surface area contributed by atoms with E-state index in [9.17, 15) is 10.1 Å². The number of rotatable bonds is 2. The van der Waals surface area contributed by atoms with Gasteiger partial charge in [0.25, 0.3) is 0 Å². The fourth-order valence-electron chi connectivity index (χ4n) is 2.95. The highest BCUT2D eigenvalue weighted by Crippen LogP contribution is 2.35. The van der Waals surface area contributed by atoms with E-state index >= 15 is 0 Å². The smallest absolute Gasteiger partial charge is 0.248 e. The van der Waals surface area contributed by atoms with Crippen LogP contribution >= 0.6 is 11.6 Å². The SMILES string of the molecule is C[C@]1(C#N)CCN(c2nc(-c3cncc(Cl)c3)cn3nccc23)C1=O. The molecule has 1 aliphatic heterocycles. The van der Waals surface area contributed by atoms with E-state index in [2.05, 4.69) is 21.1 Å². The minimum absolute atomic E-state index is 0.244. The topological polar surface area (TPSA) is 87.2 Å². The number of nitriles is 1. The van der Waals surface area contributed by atoms with E-state index in [1.54, 1.807) is 53.3 Å². The van der Waals surface area contributed by atoms with Gasteiger partial charge in [-0.25, -0.2) is 9.50 Å². The molecule has 7 nitrogen and oxygen atoms in total. The third-order valence-electron chi connectivity index (χ3n) is 4.43. The molecule has 0 radical (unpaired) electrons. The molecule has 8 heteroatoms. The van der Waals surface area contributed by atoms with Gasteiger partial charge in [0.2, 0.25) is 5.91 Å². The summed E-state index contributed by atoms with van der Waals surface area (Å²) in [6, 6.07) is 5.66. The van der Waals surface area contributed by atoms with Crippen LogP contribution < -0.4 is 4.90 Å². The molecule has 1 atom stereocenters. The molecule has 3 aromatic rings. The summed E-state index contributed by atoms with van der Waals surface area (Å²) in [5.74, 6) is 0.242. The van der Waals surface area contributed by atoms with Crippen LogP contribution in [-0.2, 0) is 4.79 Å². The molecule has 0 bridgehead atoms. The van der Waals surface area contributed by atoms with E-state index in [-0.39, 0.29) is 5.91 Å². The Morgan fingerprint density at radius 2 is 2.24 bits per heavy atom. The Balaban J connectivity index is 1.88. The summed E-state index contributed by atoms with van der Waals surface area (Å²) in [6.07, 6.45) is 7.06. The van der Waals surface area contributed by atoms with Crippen LogP contribution in [0.1, 0.15) is 13.3 Å². The molecular weight excluding hydrogens is 340 g/mol. The van der Waals surface area contributed by atoms with E-state index in [0.717, 1.165) is 5.56 Å². The molecule has 0 saturated carbocycles. The van der Waals surface area contributed by atoms with Crippen molar-refractivity contribution in [2.75, 3.05) is 11.4 Å². The highest BCUT2D eigenvalue weighted by Gasteiger charge is 2.44. The average Bonchev–Trinajstić information content (AvgIpc) is 3.20. The number of hydrogen-bond donors (Lipinski definition) is 0. The van der Waals surface area contributed by atoms with Crippen LogP contribution in [0.25, 0.3) is 16.8 Å². The van der Waals surface area contributed by atoms with E-state index in [1.165, 1.54) is 0 Å². The van der Waals surface area contributed by atoms with Gasteiger partial charge in [-0.2, -0.15) is 10.4 Å². The molecule has 25 heavy (non-hydrogen) atoms. The molecule has 0 N–H and O–H groups in total. The summed E-state index contributed by atoms with van der Waals surface area (Å²) in [5, 5.41) is 14.1. The summed E-state index contributed by atoms with van der Waals surface area (Å²) in [4.78, 5) is 23.0. The number of nitrogens with zero attached hydrogens (tertiary/aromatic N) is 6. The van der Waals surface area contributed by atoms with Crippen LogP contribution in [-0.4, -0.2) is 32.0 Å². The fraction of sp³-hybridized carbons (Fsp3) is 0.235.